The molecule has 0 saturated heterocycles. The number of nitrogens with two attached hydrogens (primary N) is 1. The van der Waals surface area contributed by atoms with Gasteiger partial charge in [0.15, 0.2) is 0 Å². The van der Waals surface area contributed by atoms with Gasteiger partial charge in [-0.25, -0.2) is 4.98 Å². The molecule has 1 aromatic heterocycles. The highest BCUT2D eigenvalue weighted by molar-refractivity contribution is 6.31. The second-order valence-electron chi connectivity index (χ2n) is 3.68. The Labute approximate surface area is 110 Å². The standard InChI is InChI=1S/C13H12ClN3O/c14-11-4-2-1-3-10(11)8-18-12-7-9(13(15)16)5-6-17-12/h1-7H,8H2,(H3,15,16). The van der Waals surface area contributed by atoms with Gasteiger partial charge in [-0.1, -0.05) is 29.8 Å². The van der Waals surface area contributed by atoms with Gasteiger partial charge in [0.05, 0.1) is 0 Å². The molecule has 0 radical (unpaired) electrons. The number of rotatable bonds is 4. The Hall–Kier alpha value is -2.07. The summed E-state index contributed by atoms with van der Waals surface area (Å²) in [5, 5.41) is 7.99. The maximum absolute atomic E-state index is 7.34. The predicted octanol–water partition coefficient (Wildman–Crippen LogP) is 2.60. The first-order valence-electron chi connectivity index (χ1n) is 5.33. The molecule has 18 heavy (non-hydrogen) atoms. The lowest BCUT2D eigenvalue weighted by atomic mass is 10.2. The van der Waals surface area contributed by atoms with Gasteiger partial charge in [0, 0.05) is 28.4 Å². The molecule has 0 spiro atoms. The van der Waals surface area contributed by atoms with Crippen LogP contribution < -0.4 is 10.5 Å². The van der Waals surface area contributed by atoms with Crippen molar-refractivity contribution >= 4 is 17.4 Å². The van der Waals surface area contributed by atoms with Gasteiger partial charge in [-0.2, -0.15) is 0 Å². The van der Waals surface area contributed by atoms with Crippen LogP contribution in [-0.4, -0.2) is 10.8 Å². The summed E-state index contributed by atoms with van der Waals surface area (Å²) in [6.45, 7) is 0.327. The fraction of sp³-hybridized carbons (Fsp3) is 0.0769. The molecule has 3 N–H and O–H groups in total. The number of halogens is 1. The van der Waals surface area contributed by atoms with Gasteiger partial charge in [-0.05, 0) is 12.1 Å². The Morgan fingerprint density at radius 2 is 2.11 bits per heavy atom. The molecule has 2 rings (SSSR count). The van der Waals surface area contributed by atoms with E-state index in [-0.39, 0.29) is 5.84 Å². The van der Waals surface area contributed by atoms with Crippen LogP contribution in [0, 0.1) is 5.41 Å². The van der Waals surface area contributed by atoms with Crippen LogP contribution in [0.25, 0.3) is 0 Å². The molecule has 0 aliphatic rings. The van der Waals surface area contributed by atoms with E-state index in [2.05, 4.69) is 4.98 Å². The van der Waals surface area contributed by atoms with Gasteiger partial charge in [-0.15, -0.1) is 0 Å². The second kappa shape index (κ2) is 5.51. The normalized spacial score (nSPS) is 10.1. The summed E-state index contributed by atoms with van der Waals surface area (Å²) in [5.41, 5.74) is 6.86. The Morgan fingerprint density at radius 3 is 2.83 bits per heavy atom. The summed E-state index contributed by atoms with van der Waals surface area (Å²) in [7, 11) is 0. The van der Waals surface area contributed by atoms with Crippen LogP contribution in [0.1, 0.15) is 11.1 Å². The zero-order chi connectivity index (χ0) is 13.0. The number of nitrogens with one attached hydrogen (secondary N) is 1. The number of nitrogens with zero attached hydrogens (tertiary/aromatic N) is 1. The van der Waals surface area contributed by atoms with Crippen LogP contribution in [-0.2, 0) is 6.61 Å². The van der Waals surface area contributed by atoms with Crippen molar-refractivity contribution in [1.29, 1.82) is 5.41 Å². The van der Waals surface area contributed by atoms with Crippen molar-refractivity contribution in [2.45, 2.75) is 6.61 Å². The first kappa shape index (κ1) is 12.4. The highest BCUT2D eigenvalue weighted by Crippen LogP contribution is 2.17. The first-order chi connectivity index (χ1) is 8.66. The molecule has 0 fully saturated rings. The van der Waals surface area contributed by atoms with Crippen molar-refractivity contribution in [3.63, 3.8) is 0 Å². The zero-order valence-electron chi connectivity index (χ0n) is 9.56. The number of pyridine rings is 1. The molecule has 1 aromatic carbocycles. The zero-order valence-corrected chi connectivity index (χ0v) is 10.3. The Morgan fingerprint density at radius 1 is 1.33 bits per heavy atom. The molecule has 92 valence electrons. The summed E-state index contributed by atoms with van der Waals surface area (Å²) < 4.78 is 5.52. The average Bonchev–Trinajstić information content (AvgIpc) is 2.38. The molecule has 0 atom stereocenters. The molecular weight excluding hydrogens is 250 g/mol. The van der Waals surface area contributed by atoms with Crippen LogP contribution in [0.2, 0.25) is 5.02 Å². The topological polar surface area (TPSA) is 72.0 Å². The molecule has 0 aliphatic heterocycles. The third kappa shape index (κ3) is 2.99. The molecule has 0 aliphatic carbocycles. The largest absolute Gasteiger partial charge is 0.473 e. The smallest absolute Gasteiger partial charge is 0.214 e. The minimum atomic E-state index is -0.0139. The van der Waals surface area contributed by atoms with E-state index in [1.807, 2.05) is 18.2 Å². The lowest BCUT2D eigenvalue weighted by molar-refractivity contribution is 0.294. The van der Waals surface area contributed by atoms with Crippen LogP contribution in [0.5, 0.6) is 5.88 Å². The van der Waals surface area contributed by atoms with Crippen molar-refractivity contribution in [3.8, 4) is 5.88 Å². The molecular formula is C13H12ClN3O. The highest BCUT2D eigenvalue weighted by Gasteiger charge is 2.03. The Balaban J connectivity index is 2.09. The minimum absolute atomic E-state index is 0.0139. The lowest BCUT2D eigenvalue weighted by Gasteiger charge is -2.07. The van der Waals surface area contributed by atoms with Crippen LogP contribution in [0.3, 0.4) is 0 Å². The van der Waals surface area contributed by atoms with E-state index < -0.39 is 0 Å². The quantitative estimate of drug-likeness (QED) is 0.656. The van der Waals surface area contributed by atoms with Crippen molar-refractivity contribution < 1.29 is 4.74 Å². The maximum Gasteiger partial charge on any atom is 0.214 e. The second-order valence-corrected chi connectivity index (χ2v) is 4.08. The maximum atomic E-state index is 7.34. The molecule has 0 unspecified atom stereocenters. The summed E-state index contributed by atoms with van der Waals surface area (Å²) in [5.74, 6) is 0.405. The van der Waals surface area contributed by atoms with Gasteiger partial charge in [-0.3, -0.25) is 5.41 Å². The van der Waals surface area contributed by atoms with E-state index in [1.54, 1.807) is 24.4 Å². The van der Waals surface area contributed by atoms with Crippen LogP contribution in [0.4, 0.5) is 0 Å². The number of aromatic nitrogens is 1. The van der Waals surface area contributed by atoms with E-state index in [0.29, 0.717) is 23.1 Å². The number of ether oxygens (including phenoxy) is 1. The van der Waals surface area contributed by atoms with E-state index in [9.17, 15) is 0 Å². The highest BCUT2D eigenvalue weighted by atomic mass is 35.5. The number of nitrogen functional groups attached to an aromatic ring is 1. The number of benzene rings is 1. The first-order valence-corrected chi connectivity index (χ1v) is 5.71. The van der Waals surface area contributed by atoms with Crippen molar-refractivity contribution in [2.75, 3.05) is 0 Å². The minimum Gasteiger partial charge on any atom is -0.473 e. The van der Waals surface area contributed by atoms with Gasteiger partial charge in [0.1, 0.15) is 12.4 Å². The van der Waals surface area contributed by atoms with Crippen molar-refractivity contribution in [2.24, 2.45) is 5.73 Å². The van der Waals surface area contributed by atoms with E-state index in [4.69, 9.17) is 27.5 Å². The van der Waals surface area contributed by atoms with Gasteiger partial charge >= 0.3 is 0 Å². The number of hydrogen-bond acceptors (Lipinski definition) is 3. The van der Waals surface area contributed by atoms with Crippen molar-refractivity contribution in [1.82, 2.24) is 4.98 Å². The molecule has 0 saturated carbocycles. The summed E-state index contributed by atoms with van der Waals surface area (Å²) >= 11 is 6.02. The van der Waals surface area contributed by atoms with Gasteiger partial charge < -0.3 is 10.5 Å². The fourth-order valence-corrected chi connectivity index (χ4v) is 1.61. The molecule has 2 aromatic rings. The molecule has 0 amide bonds. The Kier molecular flexibility index (Phi) is 3.79. The van der Waals surface area contributed by atoms with Crippen molar-refractivity contribution in [3.05, 3.63) is 58.7 Å². The summed E-state index contributed by atoms with van der Waals surface area (Å²) in [6.07, 6.45) is 1.55. The molecule has 1 heterocycles. The molecule has 4 nitrogen and oxygen atoms in total. The van der Waals surface area contributed by atoms with E-state index >= 15 is 0 Å². The van der Waals surface area contributed by atoms with E-state index in [0.717, 1.165) is 5.56 Å². The summed E-state index contributed by atoms with van der Waals surface area (Å²) in [6, 6.07) is 10.7. The average molecular weight is 262 g/mol. The third-order valence-corrected chi connectivity index (χ3v) is 2.75. The number of hydrogen-bond donors (Lipinski definition) is 2. The molecule has 0 bridgehead atoms. The van der Waals surface area contributed by atoms with Gasteiger partial charge in [0.25, 0.3) is 0 Å². The lowest BCUT2D eigenvalue weighted by Crippen LogP contribution is -2.11. The molecule has 5 heteroatoms. The fourth-order valence-electron chi connectivity index (χ4n) is 1.42. The summed E-state index contributed by atoms with van der Waals surface area (Å²) in [4.78, 5) is 4.05. The number of amidine groups is 1. The van der Waals surface area contributed by atoms with Crippen LogP contribution >= 0.6 is 11.6 Å². The van der Waals surface area contributed by atoms with Gasteiger partial charge in [0.2, 0.25) is 5.88 Å². The third-order valence-electron chi connectivity index (χ3n) is 2.38. The SMILES string of the molecule is N=C(N)c1ccnc(OCc2ccccc2Cl)c1. The monoisotopic (exact) mass is 261 g/mol. The van der Waals surface area contributed by atoms with Crippen LogP contribution in [0.15, 0.2) is 42.6 Å². The van der Waals surface area contributed by atoms with E-state index in [1.165, 1.54) is 0 Å². The predicted molar refractivity (Wildman–Crippen MR) is 71.0 cm³/mol. The Bertz CT molecular complexity index is 572.